The van der Waals surface area contributed by atoms with Crippen LogP contribution in [0.3, 0.4) is 0 Å². The number of halogens is 1. The van der Waals surface area contributed by atoms with Crippen molar-refractivity contribution in [2.24, 2.45) is 0 Å². The molecule has 2 aliphatic heterocycles. The van der Waals surface area contributed by atoms with Gasteiger partial charge in [0.2, 0.25) is 0 Å². The molecule has 33 heavy (non-hydrogen) atoms. The predicted octanol–water partition coefficient (Wildman–Crippen LogP) is 2.64. The lowest BCUT2D eigenvalue weighted by atomic mass is 10.1. The van der Waals surface area contributed by atoms with Crippen molar-refractivity contribution in [3.05, 3.63) is 16.8 Å². The molecule has 2 saturated heterocycles. The van der Waals surface area contributed by atoms with Crippen molar-refractivity contribution in [2.45, 2.75) is 51.9 Å². The molecule has 0 aliphatic carbocycles. The molecule has 2 fully saturated rings. The van der Waals surface area contributed by atoms with Gasteiger partial charge in [0, 0.05) is 38.8 Å². The lowest BCUT2D eigenvalue weighted by Gasteiger charge is -2.39. The molecule has 0 unspecified atom stereocenters. The fourth-order valence-corrected chi connectivity index (χ4v) is 4.02. The van der Waals surface area contributed by atoms with Gasteiger partial charge in [-0.2, -0.15) is 0 Å². The molecule has 0 spiro atoms. The molecule has 1 aromatic heterocycles. The smallest absolute Gasteiger partial charge is 0.410 e. The number of ether oxygens (including phenoxy) is 3. The number of morpholine rings is 1. The Labute approximate surface area is 199 Å². The van der Waals surface area contributed by atoms with E-state index < -0.39 is 17.2 Å². The maximum Gasteiger partial charge on any atom is 0.410 e. The Balaban J connectivity index is 1.75. The average molecular weight is 485 g/mol. The highest BCUT2D eigenvalue weighted by atomic mass is 35.5. The van der Waals surface area contributed by atoms with Crippen LogP contribution in [-0.2, 0) is 9.47 Å². The van der Waals surface area contributed by atoms with Crippen molar-refractivity contribution in [3.8, 4) is 5.75 Å². The van der Waals surface area contributed by atoms with Crippen LogP contribution in [0.15, 0.2) is 6.07 Å². The fourth-order valence-electron chi connectivity index (χ4n) is 3.84. The van der Waals surface area contributed by atoms with Gasteiger partial charge in [0.25, 0.3) is 0 Å². The molecule has 0 bridgehead atoms. The first-order chi connectivity index (χ1) is 15.3. The normalized spacial score (nSPS) is 21.0. The van der Waals surface area contributed by atoms with E-state index in [0.29, 0.717) is 39.3 Å². The van der Waals surface area contributed by atoms with Crippen molar-refractivity contribution < 1.29 is 28.9 Å². The molecule has 3 heterocycles. The molecule has 11 heteroatoms. The van der Waals surface area contributed by atoms with Crippen LogP contribution >= 0.6 is 11.6 Å². The van der Waals surface area contributed by atoms with Crippen molar-refractivity contribution in [1.82, 2.24) is 15.2 Å². The molecule has 184 valence electrons. The number of amides is 1. The van der Waals surface area contributed by atoms with Crippen LogP contribution < -0.4 is 15.0 Å². The third-order valence-electron chi connectivity index (χ3n) is 5.22. The summed E-state index contributed by atoms with van der Waals surface area (Å²) in [5.74, 6) is -0.758. The number of carboxylic acid groups (broad SMARTS) is 1. The number of pyridine rings is 1. The van der Waals surface area contributed by atoms with Crippen LogP contribution in [0.5, 0.6) is 5.75 Å². The number of aromatic carboxylic acids is 1. The number of hydrogen-bond acceptors (Lipinski definition) is 8. The molecule has 0 radical (unpaired) electrons. The van der Waals surface area contributed by atoms with Crippen molar-refractivity contribution in [2.75, 3.05) is 50.8 Å². The van der Waals surface area contributed by atoms with E-state index in [0.717, 1.165) is 0 Å². The standard InChI is InChI=1S/C22H33ClN4O6/c1-21(2,3)33-20(30)26-7-6-24-14(11-26)12-31-15-10-16(23)25-18(17(15)19(28)29)27-8-9-32-22(4,5)13-27/h10,14,24H,6-9,11-13H2,1-5H3,(H,28,29)/t14-/m1/s1. The first-order valence-corrected chi connectivity index (χ1v) is 11.4. The summed E-state index contributed by atoms with van der Waals surface area (Å²) >= 11 is 6.24. The highest BCUT2D eigenvalue weighted by Crippen LogP contribution is 2.33. The van der Waals surface area contributed by atoms with E-state index in [2.05, 4.69) is 10.3 Å². The zero-order valence-corrected chi connectivity index (χ0v) is 20.6. The number of carboxylic acids is 1. The molecule has 2 aliphatic rings. The molecule has 1 aromatic rings. The molecule has 1 atom stereocenters. The van der Waals surface area contributed by atoms with Gasteiger partial charge in [-0.05, 0) is 34.6 Å². The first-order valence-electron chi connectivity index (χ1n) is 11.0. The largest absolute Gasteiger partial charge is 0.491 e. The minimum Gasteiger partial charge on any atom is -0.491 e. The summed E-state index contributed by atoms with van der Waals surface area (Å²) in [7, 11) is 0. The molecule has 0 aromatic carbocycles. The minimum atomic E-state index is -1.15. The quantitative estimate of drug-likeness (QED) is 0.608. The monoisotopic (exact) mass is 484 g/mol. The van der Waals surface area contributed by atoms with E-state index in [1.165, 1.54) is 6.07 Å². The summed E-state index contributed by atoms with van der Waals surface area (Å²) < 4.78 is 17.1. The average Bonchev–Trinajstić information content (AvgIpc) is 2.69. The van der Waals surface area contributed by atoms with Crippen LogP contribution in [0.4, 0.5) is 10.6 Å². The Bertz CT molecular complexity index is 888. The van der Waals surface area contributed by atoms with Crippen molar-refractivity contribution in [1.29, 1.82) is 0 Å². The highest BCUT2D eigenvalue weighted by Gasteiger charge is 2.33. The molecule has 0 saturated carbocycles. The van der Waals surface area contributed by atoms with E-state index in [1.807, 2.05) is 39.5 Å². The number of nitrogens with one attached hydrogen (secondary N) is 1. The van der Waals surface area contributed by atoms with Crippen LogP contribution in [0, 0.1) is 0 Å². The van der Waals surface area contributed by atoms with E-state index in [9.17, 15) is 14.7 Å². The highest BCUT2D eigenvalue weighted by molar-refractivity contribution is 6.29. The second-order valence-corrected chi connectivity index (χ2v) is 10.3. The van der Waals surface area contributed by atoms with E-state index in [4.69, 9.17) is 25.8 Å². The molecule has 10 nitrogen and oxygen atoms in total. The van der Waals surface area contributed by atoms with Gasteiger partial charge in [0.1, 0.15) is 34.5 Å². The van der Waals surface area contributed by atoms with Crippen LogP contribution in [-0.4, -0.2) is 90.2 Å². The van der Waals surface area contributed by atoms with E-state index in [1.54, 1.807) is 4.90 Å². The number of piperazine rings is 1. The summed E-state index contributed by atoms with van der Waals surface area (Å²) in [5, 5.41) is 13.4. The Kier molecular flexibility index (Phi) is 7.60. The number of hydrogen-bond donors (Lipinski definition) is 2. The van der Waals surface area contributed by atoms with Gasteiger partial charge in [0.05, 0.1) is 18.2 Å². The maximum absolute atomic E-state index is 12.4. The molecular formula is C22H33ClN4O6. The topological polar surface area (TPSA) is 113 Å². The summed E-state index contributed by atoms with van der Waals surface area (Å²) in [5.41, 5.74) is -1.07. The lowest BCUT2D eigenvalue weighted by Crippen LogP contribution is -2.55. The Hall–Kier alpha value is -2.30. The van der Waals surface area contributed by atoms with Gasteiger partial charge < -0.3 is 34.4 Å². The maximum atomic E-state index is 12.4. The Morgan fingerprint density at radius 3 is 2.73 bits per heavy atom. The minimum absolute atomic E-state index is 0.0445. The first kappa shape index (κ1) is 25.3. The van der Waals surface area contributed by atoms with Gasteiger partial charge in [-0.3, -0.25) is 0 Å². The number of carbonyl (C=O) groups excluding carboxylic acids is 1. The summed E-state index contributed by atoms with van der Waals surface area (Å²) in [6, 6.07) is 1.21. The number of rotatable bonds is 5. The second-order valence-electron chi connectivity index (χ2n) is 9.86. The SMILES string of the molecule is CC(C)(C)OC(=O)N1CCN[C@@H](COc2cc(Cl)nc(N3CCOC(C)(C)C3)c2C(=O)O)C1. The number of aromatic nitrogens is 1. The summed E-state index contributed by atoms with van der Waals surface area (Å²) in [4.78, 5) is 32.4. The molecule has 3 rings (SSSR count). The van der Waals surface area contributed by atoms with Crippen LogP contribution in [0.1, 0.15) is 45.0 Å². The predicted molar refractivity (Wildman–Crippen MR) is 124 cm³/mol. The van der Waals surface area contributed by atoms with Gasteiger partial charge in [-0.1, -0.05) is 11.6 Å². The lowest BCUT2D eigenvalue weighted by molar-refractivity contribution is -0.0280. The zero-order valence-electron chi connectivity index (χ0n) is 19.8. The summed E-state index contributed by atoms with van der Waals surface area (Å²) in [6.45, 7) is 12.4. The van der Waals surface area contributed by atoms with Crippen LogP contribution in [0.2, 0.25) is 5.15 Å². The second kappa shape index (κ2) is 9.90. The van der Waals surface area contributed by atoms with Crippen molar-refractivity contribution >= 4 is 29.5 Å². The molecular weight excluding hydrogens is 452 g/mol. The van der Waals surface area contributed by atoms with Gasteiger partial charge >= 0.3 is 12.1 Å². The number of nitrogens with zero attached hydrogens (tertiary/aromatic N) is 3. The summed E-state index contributed by atoms with van der Waals surface area (Å²) in [6.07, 6.45) is -0.385. The Morgan fingerprint density at radius 2 is 2.09 bits per heavy atom. The van der Waals surface area contributed by atoms with Crippen molar-refractivity contribution in [3.63, 3.8) is 0 Å². The molecule has 1 amide bonds. The third kappa shape index (κ3) is 6.84. The van der Waals surface area contributed by atoms with E-state index >= 15 is 0 Å². The number of carbonyl (C=O) groups is 2. The van der Waals surface area contributed by atoms with Gasteiger partial charge in [0.15, 0.2) is 0 Å². The van der Waals surface area contributed by atoms with Gasteiger partial charge in [-0.15, -0.1) is 0 Å². The van der Waals surface area contributed by atoms with Gasteiger partial charge in [-0.25, -0.2) is 14.6 Å². The third-order valence-corrected chi connectivity index (χ3v) is 5.41. The fraction of sp³-hybridized carbons (Fsp3) is 0.682. The van der Waals surface area contributed by atoms with Crippen LogP contribution in [0.25, 0.3) is 0 Å². The zero-order chi connectivity index (χ0) is 24.4. The molecule has 2 N–H and O–H groups in total. The van der Waals surface area contributed by atoms with E-state index in [-0.39, 0.29) is 41.0 Å². The Morgan fingerprint density at radius 1 is 1.36 bits per heavy atom. The number of anilines is 1.